The second-order valence-corrected chi connectivity index (χ2v) is 6.19. The highest BCUT2D eigenvalue weighted by Crippen LogP contribution is 2.09. The van der Waals surface area contributed by atoms with E-state index in [4.69, 9.17) is 23.2 Å². The van der Waals surface area contributed by atoms with Crippen molar-refractivity contribution in [2.75, 3.05) is 0 Å². The maximum atomic E-state index is 5.82. The van der Waals surface area contributed by atoms with E-state index in [0.29, 0.717) is 11.8 Å². The molecule has 1 aromatic heterocycles. The third-order valence-corrected chi connectivity index (χ3v) is 4.45. The molecule has 0 N–H and O–H groups in total. The summed E-state index contributed by atoms with van der Waals surface area (Å²) in [6, 6.07) is 16.9. The molecule has 3 rings (SSSR count). The zero-order valence-electron chi connectivity index (χ0n) is 12.8. The zero-order valence-corrected chi connectivity index (χ0v) is 14.3. The molecule has 118 valence electrons. The maximum absolute atomic E-state index is 5.82. The van der Waals surface area contributed by atoms with Crippen LogP contribution >= 0.6 is 23.2 Å². The van der Waals surface area contributed by atoms with Crippen molar-refractivity contribution in [3.63, 3.8) is 0 Å². The van der Waals surface area contributed by atoms with Gasteiger partial charge in [0.1, 0.15) is 25.5 Å². The first-order chi connectivity index (χ1) is 11.3. The van der Waals surface area contributed by atoms with Crippen LogP contribution in [0.5, 0.6) is 0 Å². The Morgan fingerprint density at radius 2 is 1.26 bits per heavy atom. The summed E-state index contributed by atoms with van der Waals surface area (Å²) in [6.07, 6.45) is 6.33. The minimum atomic E-state index is 0.562. The number of halogens is 2. The average Bonchev–Trinajstić information content (AvgIpc) is 3.03. The van der Waals surface area contributed by atoms with E-state index in [1.165, 1.54) is 11.1 Å². The minimum absolute atomic E-state index is 0.562. The van der Waals surface area contributed by atoms with Crippen LogP contribution in [0.25, 0.3) is 0 Å². The first-order valence-corrected chi connectivity index (χ1v) is 8.66. The molecule has 0 atom stereocenters. The Bertz CT molecular complexity index is 682. The first-order valence-electron chi connectivity index (χ1n) is 7.59. The van der Waals surface area contributed by atoms with Crippen molar-refractivity contribution in [3.05, 3.63) is 89.5 Å². The van der Waals surface area contributed by atoms with Crippen LogP contribution in [0.3, 0.4) is 0 Å². The quantitative estimate of drug-likeness (QED) is 0.464. The van der Waals surface area contributed by atoms with Crippen LogP contribution in [-0.4, -0.2) is 4.57 Å². The molecule has 3 aromatic rings. The molecule has 1 heterocycles. The highest BCUT2D eigenvalue weighted by molar-refractivity contribution is 6.17. The van der Waals surface area contributed by atoms with E-state index in [2.05, 4.69) is 76.4 Å². The van der Waals surface area contributed by atoms with Crippen LogP contribution in [-0.2, 0) is 24.8 Å². The zero-order chi connectivity index (χ0) is 16.1. The summed E-state index contributed by atoms with van der Waals surface area (Å²) in [5, 5.41) is 0. The minimum Gasteiger partial charge on any atom is -0.233 e. The molecule has 0 radical (unpaired) electrons. The molecule has 2 aromatic carbocycles. The Kier molecular flexibility index (Phi) is 5.37. The summed E-state index contributed by atoms with van der Waals surface area (Å²) in [5.41, 5.74) is 4.85. The number of hydrogen-bond acceptors (Lipinski definition) is 0. The van der Waals surface area contributed by atoms with Crippen molar-refractivity contribution in [3.8, 4) is 0 Å². The molecule has 2 nitrogen and oxygen atoms in total. The van der Waals surface area contributed by atoms with Crippen LogP contribution < -0.4 is 4.57 Å². The second-order valence-electron chi connectivity index (χ2n) is 5.66. The van der Waals surface area contributed by atoms with Gasteiger partial charge in [0.25, 0.3) is 0 Å². The monoisotopic (exact) mass is 345 g/mol. The normalized spacial score (nSPS) is 10.9. The summed E-state index contributed by atoms with van der Waals surface area (Å²) in [6.45, 7) is 1.72. The Hall–Kier alpha value is -1.77. The van der Waals surface area contributed by atoms with Crippen LogP contribution in [0.4, 0.5) is 0 Å². The lowest BCUT2D eigenvalue weighted by Gasteiger charge is -2.01. The predicted molar refractivity (Wildman–Crippen MR) is 94.8 cm³/mol. The van der Waals surface area contributed by atoms with Gasteiger partial charge in [-0.05, 0) is 22.3 Å². The van der Waals surface area contributed by atoms with Gasteiger partial charge in [0, 0.05) is 11.8 Å². The van der Waals surface area contributed by atoms with Gasteiger partial charge >= 0.3 is 0 Å². The Morgan fingerprint density at radius 1 is 0.739 bits per heavy atom. The lowest BCUT2D eigenvalue weighted by molar-refractivity contribution is -0.687. The lowest BCUT2D eigenvalue weighted by Crippen LogP contribution is -2.31. The molecule has 0 saturated carbocycles. The molecule has 0 aliphatic heterocycles. The van der Waals surface area contributed by atoms with E-state index in [-0.39, 0.29) is 0 Å². The van der Waals surface area contributed by atoms with Crippen molar-refractivity contribution in [2.24, 2.45) is 0 Å². The largest absolute Gasteiger partial charge is 0.244 e. The average molecular weight is 346 g/mol. The summed E-state index contributed by atoms with van der Waals surface area (Å²) in [4.78, 5) is 0. The van der Waals surface area contributed by atoms with E-state index in [1.54, 1.807) is 0 Å². The van der Waals surface area contributed by atoms with Gasteiger partial charge < -0.3 is 0 Å². The maximum Gasteiger partial charge on any atom is 0.244 e. The van der Waals surface area contributed by atoms with E-state index in [0.717, 1.165) is 24.2 Å². The second kappa shape index (κ2) is 7.67. The third kappa shape index (κ3) is 4.37. The SMILES string of the molecule is ClCc1ccc(Cn2cc[n+](Cc3ccc(CCl)cc3)c2)cc1. The number of aromatic nitrogens is 2. The fourth-order valence-electron chi connectivity index (χ4n) is 2.51. The van der Waals surface area contributed by atoms with Gasteiger partial charge in [0.2, 0.25) is 6.33 Å². The molecule has 0 aliphatic rings. The number of hydrogen-bond donors (Lipinski definition) is 0. The van der Waals surface area contributed by atoms with Gasteiger partial charge in [-0.25, -0.2) is 9.13 Å². The molecule has 23 heavy (non-hydrogen) atoms. The lowest BCUT2D eigenvalue weighted by atomic mass is 10.1. The Morgan fingerprint density at radius 3 is 1.83 bits per heavy atom. The molecule has 0 fully saturated rings. The van der Waals surface area contributed by atoms with E-state index in [1.807, 2.05) is 0 Å². The number of imidazole rings is 1. The molecular weight excluding hydrogens is 327 g/mol. The Labute approximate surface area is 146 Å². The number of alkyl halides is 2. The summed E-state index contributed by atoms with van der Waals surface area (Å²) >= 11 is 11.6. The standard InChI is InChI=1S/C19H19Cl2N2/c20-11-16-1-5-18(6-2-16)13-22-9-10-23(15-22)14-19-7-3-17(12-21)4-8-19/h1-10,15H,11-14H2/q+1. The topological polar surface area (TPSA) is 8.81 Å². The van der Waals surface area contributed by atoms with E-state index < -0.39 is 0 Å². The molecule has 0 spiro atoms. The molecule has 0 unspecified atom stereocenters. The number of nitrogens with zero attached hydrogens (tertiary/aromatic N) is 2. The summed E-state index contributed by atoms with van der Waals surface area (Å²) in [7, 11) is 0. The fourth-order valence-corrected chi connectivity index (χ4v) is 2.87. The van der Waals surface area contributed by atoms with Crippen molar-refractivity contribution >= 4 is 23.2 Å². The van der Waals surface area contributed by atoms with Crippen molar-refractivity contribution < 1.29 is 4.57 Å². The van der Waals surface area contributed by atoms with Crippen molar-refractivity contribution in [2.45, 2.75) is 24.8 Å². The van der Waals surface area contributed by atoms with Crippen LogP contribution in [0, 0.1) is 0 Å². The number of benzene rings is 2. The van der Waals surface area contributed by atoms with E-state index >= 15 is 0 Å². The third-order valence-electron chi connectivity index (χ3n) is 3.83. The summed E-state index contributed by atoms with van der Waals surface area (Å²) < 4.78 is 4.37. The highest BCUT2D eigenvalue weighted by Gasteiger charge is 2.06. The molecule has 0 bridgehead atoms. The van der Waals surface area contributed by atoms with Crippen LogP contribution in [0.2, 0.25) is 0 Å². The molecule has 0 aliphatic carbocycles. The van der Waals surface area contributed by atoms with Gasteiger partial charge in [-0.1, -0.05) is 48.5 Å². The van der Waals surface area contributed by atoms with Crippen molar-refractivity contribution in [1.29, 1.82) is 0 Å². The Balaban J connectivity index is 1.64. The molecule has 0 amide bonds. The van der Waals surface area contributed by atoms with Gasteiger partial charge in [-0.3, -0.25) is 0 Å². The van der Waals surface area contributed by atoms with Gasteiger partial charge in [0.15, 0.2) is 0 Å². The molecule has 0 saturated heterocycles. The molecular formula is C19H19Cl2N2+. The van der Waals surface area contributed by atoms with Gasteiger partial charge in [-0.2, -0.15) is 0 Å². The fraction of sp³-hybridized carbons (Fsp3) is 0.211. The highest BCUT2D eigenvalue weighted by atomic mass is 35.5. The van der Waals surface area contributed by atoms with Gasteiger partial charge in [0.05, 0.1) is 0 Å². The number of rotatable bonds is 6. The van der Waals surface area contributed by atoms with Crippen molar-refractivity contribution in [1.82, 2.24) is 4.57 Å². The first kappa shape index (κ1) is 16.1. The smallest absolute Gasteiger partial charge is 0.233 e. The summed E-state index contributed by atoms with van der Waals surface area (Å²) in [5.74, 6) is 1.12. The predicted octanol–water partition coefficient (Wildman–Crippen LogP) is 4.35. The molecule has 4 heteroatoms. The van der Waals surface area contributed by atoms with Crippen LogP contribution in [0.15, 0.2) is 67.3 Å². The van der Waals surface area contributed by atoms with Gasteiger partial charge in [-0.15, -0.1) is 23.2 Å². The van der Waals surface area contributed by atoms with E-state index in [9.17, 15) is 0 Å². The van der Waals surface area contributed by atoms with Crippen LogP contribution in [0.1, 0.15) is 22.3 Å².